The number of carbonyl (C=O) groups excluding carboxylic acids is 1. The van der Waals surface area contributed by atoms with Gasteiger partial charge in [-0.2, -0.15) is 0 Å². The number of ketones is 1. The van der Waals surface area contributed by atoms with E-state index >= 15 is 0 Å². The zero-order valence-electron chi connectivity index (χ0n) is 10.9. The lowest BCUT2D eigenvalue weighted by Crippen LogP contribution is -2.51. The summed E-state index contributed by atoms with van der Waals surface area (Å²) in [6, 6.07) is 10.9. The average Bonchev–Trinajstić information content (AvgIpc) is 2.33. The molecule has 2 heteroatoms. The summed E-state index contributed by atoms with van der Waals surface area (Å²) in [5.74, 6) is 0.603. The molecule has 3 atom stereocenters. The second-order valence-electron chi connectivity index (χ2n) is 5.22. The molecule has 2 rings (SSSR count). The van der Waals surface area contributed by atoms with Crippen molar-refractivity contribution in [2.45, 2.75) is 45.8 Å². The van der Waals surface area contributed by atoms with E-state index in [1.165, 1.54) is 5.56 Å². The Kier molecular flexibility index (Phi) is 3.63. The lowest BCUT2D eigenvalue weighted by molar-refractivity contribution is -0.133. The van der Waals surface area contributed by atoms with Gasteiger partial charge in [0.25, 0.3) is 0 Å². The Bertz CT molecular complexity index is 387. The highest BCUT2D eigenvalue weighted by Gasteiger charge is 2.35. The van der Waals surface area contributed by atoms with Crippen LogP contribution in [-0.4, -0.2) is 22.8 Å². The zero-order valence-corrected chi connectivity index (χ0v) is 10.9. The van der Waals surface area contributed by atoms with Crippen LogP contribution in [0.4, 0.5) is 0 Å². The summed E-state index contributed by atoms with van der Waals surface area (Å²) in [5.41, 5.74) is 1.29. The molecule has 92 valence electrons. The predicted molar refractivity (Wildman–Crippen MR) is 69.7 cm³/mol. The molecule has 0 bridgehead atoms. The van der Waals surface area contributed by atoms with Gasteiger partial charge < -0.3 is 0 Å². The Balaban J connectivity index is 2.12. The molecular formula is C15H21NO. The summed E-state index contributed by atoms with van der Waals surface area (Å²) < 4.78 is 0. The molecule has 1 aliphatic heterocycles. The second kappa shape index (κ2) is 5.01. The molecule has 0 saturated carbocycles. The Labute approximate surface area is 104 Å². The van der Waals surface area contributed by atoms with Crippen LogP contribution in [0.3, 0.4) is 0 Å². The molecule has 0 aromatic heterocycles. The highest BCUT2D eigenvalue weighted by atomic mass is 16.1. The van der Waals surface area contributed by atoms with E-state index in [0.29, 0.717) is 11.8 Å². The predicted octanol–water partition coefficient (Wildman–Crippen LogP) is 2.87. The molecule has 0 radical (unpaired) electrons. The maximum absolute atomic E-state index is 12.0. The van der Waals surface area contributed by atoms with Crippen molar-refractivity contribution in [1.82, 2.24) is 4.90 Å². The number of rotatable bonds is 2. The molecule has 0 spiro atoms. The maximum atomic E-state index is 12.0. The van der Waals surface area contributed by atoms with E-state index in [9.17, 15) is 4.79 Å². The number of piperidine rings is 1. The van der Waals surface area contributed by atoms with E-state index in [2.05, 4.69) is 43.0 Å². The molecular weight excluding hydrogens is 210 g/mol. The number of hydrogen-bond acceptors (Lipinski definition) is 2. The number of Topliss-reactive ketones (excluding diaryl/α,β-unsaturated/α-hetero) is 1. The molecule has 1 saturated heterocycles. The summed E-state index contributed by atoms with van der Waals surface area (Å²) in [5, 5.41) is 0. The fourth-order valence-corrected chi connectivity index (χ4v) is 2.81. The maximum Gasteiger partial charge on any atom is 0.152 e. The Morgan fingerprint density at radius 1 is 1.18 bits per heavy atom. The molecule has 0 amide bonds. The fourth-order valence-electron chi connectivity index (χ4n) is 2.81. The van der Waals surface area contributed by atoms with Gasteiger partial charge in [0, 0.05) is 18.5 Å². The lowest BCUT2D eigenvalue weighted by Gasteiger charge is -2.40. The van der Waals surface area contributed by atoms with Crippen LogP contribution in [0.1, 0.15) is 32.8 Å². The van der Waals surface area contributed by atoms with Gasteiger partial charge in [-0.1, -0.05) is 37.3 Å². The van der Waals surface area contributed by atoms with Crippen LogP contribution in [0.15, 0.2) is 30.3 Å². The normalized spacial score (nSPS) is 30.5. The van der Waals surface area contributed by atoms with E-state index in [1.807, 2.05) is 13.0 Å². The van der Waals surface area contributed by atoms with Gasteiger partial charge in [0.1, 0.15) is 0 Å². The average molecular weight is 231 g/mol. The van der Waals surface area contributed by atoms with Gasteiger partial charge in [0.05, 0.1) is 6.04 Å². The van der Waals surface area contributed by atoms with Crippen LogP contribution in [-0.2, 0) is 11.3 Å². The number of hydrogen-bond donors (Lipinski definition) is 0. The highest BCUT2D eigenvalue weighted by Crippen LogP contribution is 2.26. The molecule has 2 nitrogen and oxygen atoms in total. The fraction of sp³-hybridized carbons (Fsp3) is 0.533. The van der Waals surface area contributed by atoms with Gasteiger partial charge in [-0.15, -0.1) is 0 Å². The van der Waals surface area contributed by atoms with E-state index in [0.717, 1.165) is 13.0 Å². The minimum Gasteiger partial charge on any atom is -0.298 e. The number of carbonyl (C=O) groups is 1. The number of likely N-dealkylation sites (tertiary alicyclic amines) is 1. The Morgan fingerprint density at radius 2 is 1.82 bits per heavy atom. The van der Waals surface area contributed by atoms with Crippen LogP contribution in [0.2, 0.25) is 0 Å². The Morgan fingerprint density at radius 3 is 2.47 bits per heavy atom. The summed E-state index contributed by atoms with van der Waals surface area (Å²) in [6.07, 6.45) is 0.982. The highest BCUT2D eigenvalue weighted by molar-refractivity contribution is 5.86. The first-order chi connectivity index (χ1) is 8.09. The molecule has 0 unspecified atom stereocenters. The smallest absolute Gasteiger partial charge is 0.152 e. The zero-order chi connectivity index (χ0) is 12.4. The first-order valence-corrected chi connectivity index (χ1v) is 6.43. The summed E-state index contributed by atoms with van der Waals surface area (Å²) in [7, 11) is 0. The van der Waals surface area contributed by atoms with E-state index in [1.54, 1.807) is 0 Å². The van der Waals surface area contributed by atoms with Crippen LogP contribution in [0.5, 0.6) is 0 Å². The van der Waals surface area contributed by atoms with Gasteiger partial charge in [-0.05, 0) is 25.8 Å². The van der Waals surface area contributed by atoms with Crippen molar-refractivity contribution < 1.29 is 4.79 Å². The van der Waals surface area contributed by atoms with E-state index in [-0.39, 0.29) is 12.0 Å². The SMILES string of the molecule is C[C@@H]1C[C@H](C)N(Cc2ccccc2)[C@@H](C)C1=O. The number of nitrogens with zero attached hydrogens (tertiary/aromatic N) is 1. The second-order valence-corrected chi connectivity index (χ2v) is 5.22. The molecule has 1 heterocycles. The van der Waals surface area contributed by atoms with Gasteiger partial charge in [0.2, 0.25) is 0 Å². The van der Waals surface area contributed by atoms with Crippen molar-refractivity contribution in [1.29, 1.82) is 0 Å². The van der Waals surface area contributed by atoms with Crippen molar-refractivity contribution in [2.24, 2.45) is 5.92 Å². The van der Waals surface area contributed by atoms with Crippen molar-refractivity contribution in [3.8, 4) is 0 Å². The quantitative estimate of drug-likeness (QED) is 0.780. The van der Waals surface area contributed by atoms with E-state index < -0.39 is 0 Å². The van der Waals surface area contributed by atoms with Crippen molar-refractivity contribution in [2.75, 3.05) is 0 Å². The summed E-state index contributed by atoms with van der Waals surface area (Å²) in [4.78, 5) is 14.3. The standard InChI is InChI=1S/C15H21NO/c1-11-9-12(2)16(13(3)15(11)17)10-14-7-5-4-6-8-14/h4-8,11-13H,9-10H2,1-3H3/t11-,12+,13+/m1/s1. The van der Waals surface area contributed by atoms with Gasteiger partial charge >= 0.3 is 0 Å². The summed E-state index contributed by atoms with van der Waals surface area (Å²) >= 11 is 0. The third-order valence-electron chi connectivity index (χ3n) is 3.86. The van der Waals surface area contributed by atoms with Crippen LogP contribution in [0.25, 0.3) is 0 Å². The molecule has 0 aliphatic carbocycles. The first-order valence-electron chi connectivity index (χ1n) is 6.43. The molecule has 1 fully saturated rings. The lowest BCUT2D eigenvalue weighted by atomic mass is 9.87. The Hall–Kier alpha value is -1.15. The minimum absolute atomic E-state index is 0.0500. The van der Waals surface area contributed by atoms with Crippen molar-refractivity contribution in [3.05, 3.63) is 35.9 Å². The van der Waals surface area contributed by atoms with Crippen LogP contribution >= 0.6 is 0 Å². The third-order valence-corrected chi connectivity index (χ3v) is 3.86. The number of benzene rings is 1. The van der Waals surface area contributed by atoms with Crippen LogP contribution in [0, 0.1) is 5.92 Å². The molecule has 0 N–H and O–H groups in total. The van der Waals surface area contributed by atoms with E-state index in [4.69, 9.17) is 0 Å². The van der Waals surface area contributed by atoms with Gasteiger partial charge in [-0.25, -0.2) is 0 Å². The van der Waals surface area contributed by atoms with Gasteiger partial charge in [-0.3, -0.25) is 9.69 Å². The van der Waals surface area contributed by atoms with Crippen LogP contribution < -0.4 is 0 Å². The summed E-state index contributed by atoms with van der Waals surface area (Å²) in [6.45, 7) is 7.19. The van der Waals surface area contributed by atoms with Crippen molar-refractivity contribution >= 4 is 5.78 Å². The third kappa shape index (κ3) is 2.58. The molecule has 17 heavy (non-hydrogen) atoms. The minimum atomic E-state index is 0.0500. The van der Waals surface area contributed by atoms with Crippen molar-refractivity contribution in [3.63, 3.8) is 0 Å². The monoisotopic (exact) mass is 231 g/mol. The largest absolute Gasteiger partial charge is 0.298 e. The molecule has 1 aromatic carbocycles. The first kappa shape index (κ1) is 12.3. The molecule has 1 aliphatic rings. The molecule has 1 aromatic rings. The van der Waals surface area contributed by atoms with Gasteiger partial charge in [0.15, 0.2) is 5.78 Å². The topological polar surface area (TPSA) is 20.3 Å².